The minimum Gasteiger partial charge on any atom is -0.416 e. The van der Waals surface area contributed by atoms with Crippen molar-refractivity contribution in [3.05, 3.63) is 0 Å². The van der Waals surface area contributed by atoms with Crippen LogP contribution in [-0.2, 0) is 8.98 Å². The predicted octanol–water partition coefficient (Wildman–Crippen LogP) is 1.55. The number of hydrogen-bond donors (Lipinski definition) is 0. The van der Waals surface area contributed by atoms with E-state index in [1.807, 2.05) is 19.4 Å². The van der Waals surface area contributed by atoms with Gasteiger partial charge in [-0.05, 0) is 12.5 Å². The van der Waals surface area contributed by atoms with Crippen LogP contribution in [0.2, 0.25) is 0 Å². The third-order valence-corrected chi connectivity index (χ3v) is 3.11. The molecule has 0 aromatic rings. The molecule has 0 fully saturated rings. The molecule has 0 aliphatic carbocycles. The van der Waals surface area contributed by atoms with E-state index in [0.717, 1.165) is 5.75 Å². The third kappa shape index (κ3) is 4.33. The fourth-order valence-electron chi connectivity index (χ4n) is 0.377. The molecule has 2 nitrogen and oxygen atoms in total. The van der Waals surface area contributed by atoms with Gasteiger partial charge in [0.05, 0.1) is 0 Å². The molecule has 0 aromatic carbocycles. The van der Waals surface area contributed by atoms with E-state index in [2.05, 4.69) is 0 Å². The Morgan fingerprint density at radius 2 is 2.00 bits per heavy atom. The van der Waals surface area contributed by atoms with Crippen molar-refractivity contribution in [1.82, 2.24) is 0 Å². The van der Waals surface area contributed by atoms with Crippen molar-refractivity contribution in [2.24, 2.45) is 0 Å². The Labute approximate surface area is 58.1 Å². The van der Waals surface area contributed by atoms with Crippen LogP contribution in [-0.4, -0.2) is 24.2 Å². The lowest BCUT2D eigenvalue weighted by molar-refractivity contribution is -0.130. The van der Waals surface area contributed by atoms with E-state index >= 15 is 0 Å². The summed E-state index contributed by atoms with van der Waals surface area (Å²) in [6.45, 7) is 3.47. The standard InChI is InChI=1S/C6H14O2S/c1-5-9(3,4)8-6(2)7/h5H2,1-4H3. The van der Waals surface area contributed by atoms with Crippen molar-refractivity contribution >= 4 is 16.3 Å². The zero-order valence-electron chi connectivity index (χ0n) is 6.43. The van der Waals surface area contributed by atoms with Crippen LogP contribution < -0.4 is 0 Å². The van der Waals surface area contributed by atoms with Crippen LogP contribution in [0.5, 0.6) is 0 Å². The Morgan fingerprint density at radius 3 is 2.11 bits per heavy atom. The molecular formula is C6H14O2S. The van der Waals surface area contributed by atoms with Crippen LogP contribution in [0.3, 0.4) is 0 Å². The van der Waals surface area contributed by atoms with Gasteiger partial charge in [-0.15, -0.1) is 0 Å². The van der Waals surface area contributed by atoms with Crippen LogP contribution in [0.25, 0.3) is 0 Å². The Kier molecular flexibility index (Phi) is 3.04. The summed E-state index contributed by atoms with van der Waals surface area (Å²) in [5.74, 6) is 0.768. The molecule has 56 valence electrons. The second kappa shape index (κ2) is 3.11. The predicted molar refractivity (Wildman–Crippen MR) is 41.7 cm³/mol. The van der Waals surface area contributed by atoms with Crippen molar-refractivity contribution in [2.45, 2.75) is 13.8 Å². The molecule has 0 rings (SSSR count). The molecule has 0 N–H and O–H groups in total. The maximum Gasteiger partial charge on any atom is 0.313 e. The molecule has 0 aliphatic rings. The van der Waals surface area contributed by atoms with E-state index in [1.54, 1.807) is 0 Å². The zero-order chi connectivity index (χ0) is 7.49. The Hall–Kier alpha value is -0.180. The molecule has 3 heteroatoms. The first-order chi connectivity index (χ1) is 3.98. The van der Waals surface area contributed by atoms with E-state index in [4.69, 9.17) is 4.18 Å². The van der Waals surface area contributed by atoms with Gasteiger partial charge in [-0.2, -0.15) is 0 Å². The summed E-state index contributed by atoms with van der Waals surface area (Å²) in [6.07, 6.45) is 3.96. The lowest BCUT2D eigenvalue weighted by Crippen LogP contribution is -2.07. The molecule has 0 unspecified atom stereocenters. The van der Waals surface area contributed by atoms with E-state index < -0.39 is 10.3 Å². The van der Waals surface area contributed by atoms with Gasteiger partial charge in [0.2, 0.25) is 0 Å². The highest BCUT2D eigenvalue weighted by Crippen LogP contribution is 2.39. The maximum atomic E-state index is 10.4. The summed E-state index contributed by atoms with van der Waals surface area (Å²) in [4.78, 5) is 10.4. The summed E-state index contributed by atoms with van der Waals surface area (Å²) >= 11 is 0. The summed E-state index contributed by atoms with van der Waals surface area (Å²) < 4.78 is 5.03. The Morgan fingerprint density at radius 1 is 1.56 bits per heavy atom. The molecule has 0 heterocycles. The molecule has 0 saturated heterocycles. The monoisotopic (exact) mass is 150 g/mol. The topological polar surface area (TPSA) is 26.3 Å². The fraction of sp³-hybridized carbons (Fsp3) is 0.833. The zero-order valence-corrected chi connectivity index (χ0v) is 7.25. The molecule has 0 bridgehead atoms. The van der Waals surface area contributed by atoms with Crippen molar-refractivity contribution < 1.29 is 8.98 Å². The highest BCUT2D eigenvalue weighted by atomic mass is 32.3. The molecule has 0 spiro atoms. The maximum absolute atomic E-state index is 10.4. The molecule has 0 radical (unpaired) electrons. The van der Waals surface area contributed by atoms with Crippen molar-refractivity contribution in [3.63, 3.8) is 0 Å². The van der Waals surface area contributed by atoms with E-state index in [-0.39, 0.29) is 5.97 Å². The highest BCUT2D eigenvalue weighted by Gasteiger charge is 2.10. The van der Waals surface area contributed by atoms with Crippen molar-refractivity contribution in [2.75, 3.05) is 18.3 Å². The normalized spacial score (nSPS) is 12.9. The van der Waals surface area contributed by atoms with Gasteiger partial charge in [-0.3, -0.25) is 4.79 Å². The van der Waals surface area contributed by atoms with E-state index in [1.165, 1.54) is 6.92 Å². The summed E-state index contributed by atoms with van der Waals surface area (Å²) in [5, 5.41) is 0. The summed E-state index contributed by atoms with van der Waals surface area (Å²) in [6, 6.07) is 0. The first kappa shape index (κ1) is 8.82. The SMILES string of the molecule is CCS(C)(C)OC(C)=O. The number of carbonyl (C=O) groups excluding carboxylic acids is 1. The van der Waals surface area contributed by atoms with Gasteiger partial charge < -0.3 is 4.18 Å². The summed E-state index contributed by atoms with van der Waals surface area (Å²) in [7, 11) is -1.07. The average molecular weight is 150 g/mol. The fourth-order valence-corrected chi connectivity index (χ4v) is 1.13. The van der Waals surface area contributed by atoms with Crippen LogP contribution in [0, 0.1) is 0 Å². The van der Waals surface area contributed by atoms with Crippen LogP contribution in [0.4, 0.5) is 0 Å². The number of rotatable bonds is 2. The second-order valence-corrected chi connectivity index (χ2v) is 5.92. The molecule has 0 atom stereocenters. The van der Waals surface area contributed by atoms with Crippen LogP contribution in [0.1, 0.15) is 13.8 Å². The minimum atomic E-state index is -1.07. The first-order valence-electron chi connectivity index (χ1n) is 2.89. The van der Waals surface area contributed by atoms with Gasteiger partial charge in [0, 0.05) is 12.7 Å². The van der Waals surface area contributed by atoms with E-state index in [0.29, 0.717) is 0 Å². The molecule has 9 heavy (non-hydrogen) atoms. The lowest BCUT2D eigenvalue weighted by atomic mass is 10.9. The van der Waals surface area contributed by atoms with Crippen molar-refractivity contribution in [3.8, 4) is 0 Å². The quantitative estimate of drug-likeness (QED) is 0.597. The Balaban J connectivity index is 3.71. The van der Waals surface area contributed by atoms with E-state index in [9.17, 15) is 4.79 Å². The van der Waals surface area contributed by atoms with Gasteiger partial charge in [-0.25, -0.2) is 0 Å². The van der Waals surface area contributed by atoms with Gasteiger partial charge in [0.1, 0.15) is 0 Å². The largest absolute Gasteiger partial charge is 0.416 e. The third-order valence-electron chi connectivity index (χ3n) is 1.04. The summed E-state index contributed by atoms with van der Waals surface area (Å²) in [5.41, 5.74) is 0. The lowest BCUT2D eigenvalue weighted by Gasteiger charge is -2.27. The first-order valence-corrected chi connectivity index (χ1v) is 5.43. The second-order valence-electron chi connectivity index (χ2n) is 2.30. The minimum absolute atomic E-state index is 0.170. The molecule has 0 saturated carbocycles. The van der Waals surface area contributed by atoms with Crippen molar-refractivity contribution in [1.29, 1.82) is 0 Å². The molecule has 0 amide bonds. The van der Waals surface area contributed by atoms with Crippen LogP contribution >= 0.6 is 10.3 Å². The smallest absolute Gasteiger partial charge is 0.313 e. The average Bonchev–Trinajstić information content (AvgIpc) is 1.63. The number of hydrogen-bond acceptors (Lipinski definition) is 2. The van der Waals surface area contributed by atoms with Gasteiger partial charge in [-0.1, -0.05) is 17.2 Å². The number of carbonyl (C=O) groups is 1. The van der Waals surface area contributed by atoms with Gasteiger partial charge in [0.15, 0.2) is 0 Å². The molecular weight excluding hydrogens is 136 g/mol. The Bertz CT molecular complexity index is 110. The van der Waals surface area contributed by atoms with Gasteiger partial charge in [0.25, 0.3) is 0 Å². The molecule has 0 aromatic heterocycles. The van der Waals surface area contributed by atoms with Gasteiger partial charge >= 0.3 is 5.97 Å². The highest BCUT2D eigenvalue weighted by molar-refractivity contribution is 8.29. The van der Waals surface area contributed by atoms with Crippen LogP contribution in [0.15, 0.2) is 0 Å². The molecule has 0 aliphatic heterocycles.